The molecule has 1 saturated carbocycles. The Morgan fingerprint density at radius 2 is 1.85 bits per heavy atom. The summed E-state index contributed by atoms with van der Waals surface area (Å²) in [7, 11) is 1.59. The number of carbonyl (C=O) groups excluding carboxylic acids is 2. The maximum atomic E-state index is 11.9. The van der Waals surface area contributed by atoms with E-state index in [9.17, 15) is 9.59 Å². The van der Waals surface area contributed by atoms with Gasteiger partial charge in [0.2, 0.25) is 11.8 Å². The van der Waals surface area contributed by atoms with E-state index in [1.165, 1.54) is 12.8 Å². The molecule has 2 amide bonds. The Kier molecular flexibility index (Phi) is 7.59. The molecule has 5 nitrogen and oxygen atoms in total. The topological polar surface area (TPSA) is 67.4 Å². The number of amides is 2. The van der Waals surface area contributed by atoms with Gasteiger partial charge in [0, 0.05) is 32.5 Å². The molecule has 1 rings (SSSR count). The molecule has 1 fully saturated rings. The molecular weight excluding hydrogens is 256 g/mol. The van der Waals surface area contributed by atoms with E-state index < -0.39 is 0 Å². The van der Waals surface area contributed by atoms with Gasteiger partial charge in [0.25, 0.3) is 0 Å². The van der Waals surface area contributed by atoms with Gasteiger partial charge in [0.15, 0.2) is 0 Å². The molecule has 0 aliphatic heterocycles. The summed E-state index contributed by atoms with van der Waals surface area (Å²) in [6.07, 6.45) is 3.98. The van der Waals surface area contributed by atoms with Crippen LogP contribution in [-0.4, -0.2) is 38.1 Å². The first-order chi connectivity index (χ1) is 9.54. The first-order valence-corrected chi connectivity index (χ1v) is 7.59. The maximum Gasteiger partial charge on any atom is 0.220 e. The van der Waals surface area contributed by atoms with Crippen LogP contribution in [0.4, 0.5) is 0 Å². The lowest BCUT2D eigenvalue weighted by Gasteiger charge is -2.34. The maximum absolute atomic E-state index is 11.9. The van der Waals surface area contributed by atoms with Crippen LogP contribution < -0.4 is 10.6 Å². The van der Waals surface area contributed by atoms with E-state index >= 15 is 0 Å². The average Bonchev–Trinajstić information content (AvgIpc) is 2.42. The summed E-state index contributed by atoms with van der Waals surface area (Å²) in [5.74, 6) is 1.06. The number of carbonyl (C=O) groups is 2. The number of methoxy groups -OCH3 is 1. The summed E-state index contributed by atoms with van der Waals surface area (Å²) in [4.78, 5) is 23.4. The van der Waals surface area contributed by atoms with Crippen molar-refractivity contribution in [3.8, 4) is 0 Å². The quantitative estimate of drug-likeness (QED) is 0.696. The summed E-state index contributed by atoms with van der Waals surface area (Å²) < 4.78 is 4.85. The Morgan fingerprint density at radius 3 is 2.55 bits per heavy atom. The Balaban J connectivity index is 2.21. The molecule has 0 saturated heterocycles. The Bertz CT molecular complexity index is 320. The van der Waals surface area contributed by atoms with Gasteiger partial charge in [-0.05, 0) is 18.3 Å². The van der Waals surface area contributed by atoms with Gasteiger partial charge in [0.05, 0.1) is 6.61 Å². The van der Waals surface area contributed by atoms with Crippen LogP contribution in [0.1, 0.15) is 46.0 Å². The summed E-state index contributed by atoms with van der Waals surface area (Å²) in [5, 5.41) is 5.79. The lowest BCUT2D eigenvalue weighted by Crippen LogP contribution is -2.44. The van der Waals surface area contributed by atoms with Crippen molar-refractivity contribution in [2.24, 2.45) is 11.8 Å². The van der Waals surface area contributed by atoms with Gasteiger partial charge in [-0.15, -0.1) is 0 Å². The second kappa shape index (κ2) is 8.95. The SMILES string of the molecule is COCCNC(=O)CCC(=O)NC1CCCC(C)C1C. The molecule has 1 aliphatic carbocycles. The van der Waals surface area contributed by atoms with Crippen LogP contribution in [0.25, 0.3) is 0 Å². The minimum atomic E-state index is -0.0951. The first kappa shape index (κ1) is 17.0. The fourth-order valence-corrected chi connectivity index (χ4v) is 2.67. The van der Waals surface area contributed by atoms with Crippen molar-refractivity contribution >= 4 is 11.8 Å². The van der Waals surface area contributed by atoms with Gasteiger partial charge in [-0.25, -0.2) is 0 Å². The van der Waals surface area contributed by atoms with Gasteiger partial charge in [-0.1, -0.05) is 26.7 Å². The highest BCUT2D eigenvalue weighted by Gasteiger charge is 2.27. The fraction of sp³-hybridized carbons (Fsp3) is 0.867. The van der Waals surface area contributed by atoms with Crippen molar-refractivity contribution in [2.45, 2.75) is 52.0 Å². The van der Waals surface area contributed by atoms with E-state index in [-0.39, 0.29) is 30.7 Å². The second-order valence-electron chi connectivity index (χ2n) is 5.78. The molecule has 0 aromatic rings. The van der Waals surface area contributed by atoms with Crippen molar-refractivity contribution in [2.75, 3.05) is 20.3 Å². The summed E-state index contributed by atoms with van der Waals surface area (Å²) in [5.41, 5.74) is 0. The second-order valence-corrected chi connectivity index (χ2v) is 5.78. The van der Waals surface area contributed by atoms with E-state index in [4.69, 9.17) is 4.74 Å². The Hall–Kier alpha value is -1.10. The van der Waals surface area contributed by atoms with Crippen molar-refractivity contribution in [3.05, 3.63) is 0 Å². The van der Waals surface area contributed by atoms with Crippen molar-refractivity contribution in [3.63, 3.8) is 0 Å². The molecular formula is C15H28N2O3. The first-order valence-electron chi connectivity index (χ1n) is 7.59. The van der Waals surface area contributed by atoms with Gasteiger partial charge in [-0.2, -0.15) is 0 Å². The van der Waals surface area contributed by atoms with E-state index in [1.807, 2.05) is 0 Å². The van der Waals surface area contributed by atoms with Crippen molar-refractivity contribution in [1.29, 1.82) is 0 Å². The fourth-order valence-electron chi connectivity index (χ4n) is 2.67. The largest absolute Gasteiger partial charge is 0.383 e. The number of hydrogen-bond acceptors (Lipinski definition) is 3. The summed E-state index contributed by atoms with van der Waals surface area (Å²) >= 11 is 0. The number of hydrogen-bond donors (Lipinski definition) is 2. The molecule has 116 valence electrons. The lowest BCUT2D eigenvalue weighted by atomic mass is 9.78. The highest BCUT2D eigenvalue weighted by atomic mass is 16.5. The molecule has 0 aromatic heterocycles. The van der Waals surface area contributed by atoms with Crippen LogP contribution in [-0.2, 0) is 14.3 Å². The number of rotatable bonds is 7. The van der Waals surface area contributed by atoms with Crippen molar-refractivity contribution < 1.29 is 14.3 Å². The van der Waals surface area contributed by atoms with Gasteiger partial charge in [0.1, 0.15) is 0 Å². The number of ether oxygens (including phenoxy) is 1. The zero-order valence-corrected chi connectivity index (χ0v) is 12.9. The third-order valence-electron chi connectivity index (χ3n) is 4.26. The molecule has 0 aromatic carbocycles. The van der Waals surface area contributed by atoms with Crippen LogP contribution in [0.5, 0.6) is 0 Å². The van der Waals surface area contributed by atoms with Gasteiger partial charge >= 0.3 is 0 Å². The average molecular weight is 284 g/mol. The van der Waals surface area contributed by atoms with Crippen molar-refractivity contribution in [1.82, 2.24) is 10.6 Å². The predicted octanol–water partition coefficient (Wildman–Crippen LogP) is 1.47. The summed E-state index contributed by atoms with van der Waals surface area (Å²) in [6.45, 7) is 5.43. The highest BCUT2D eigenvalue weighted by molar-refractivity contribution is 5.83. The van der Waals surface area contributed by atoms with Crippen LogP contribution in [0.15, 0.2) is 0 Å². The van der Waals surface area contributed by atoms with Gasteiger partial charge < -0.3 is 15.4 Å². The molecule has 2 N–H and O–H groups in total. The van der Waals surface area contributed by atoms with Crippen LogP contribution in [0.2, 0.25) is 0 Å². The molecule has 5 heteroatoms. The molecule has 0 radical (unpaired) electrons. The van der Waals surface area contributed by atoms with Crippen LogP contribution >= 0.6 is 0 Å². The normalized spacial score (nSPS) is 26.1. The Morgan fingerprint density at radius 1 is 1.15 bits per heavy atom. The molecule has 1 aliphatic rings. The minimum absolute atomic E-state index is 0.0159. The molecule has 0 heterocycles. The Labute approximate surface area is 121 Å². The van der Waals surface area contributed by atoms with Crippen LogP contribution in [0.3, 0.4) is 0 Å². The summed E-state index contributed by atoms with van der Waals surface area (Å²) in [6, 6.07) is 0.266. The molecule has 0 spiro atoms. The molecule has 3 atom stereocenters. The predicted molar refractivity (Wildman–Crippen MR) is 78.2 cm³/mol. The van der Waals surface area contributed by atoms with E-state index in [0.29, 0.717) is 25.0 Å². The zero-order valence-electron chi connectivity index (χ0n) is 12.9. The zero-order chi connectivity index (χ0) is 15.0. The van der Waals surface area contributed by atoms with E-state index in [2.05, 4.69) is 24.5 Å². The molecule has 3 unspecified atom stereocenters. The van der Waals surface area contributed by atoms with E-state index in [1.54, 1.807) is 7.11 Å². The lowest BCUT2D eigenvalue weighted by molar-refractivity contribution is -0.127. The van der Waals surface area contributed by atoms with E-state index in [0.717, 1.165) is 6.42 Å². The minimum Gasteiger partial charge on any atom is -0.383 e. The third-order valence-corrected chi connectivity index (χ3v) is 4.26. The smallest absolute Gasteiger partial charge is 0.220 e. The van der Waals surface area contributed by atoms with Crippen LogP contribution in [0, 0.1) is 11.8 Å². The highest BCUT2D eigenvalue weighted by Crippen LogP contribution is 2.29. The third kappa shape index (κ3) is 5.90. The molecule has 20 heavy (non-hydrogen) atoms. The number of nitrogens with one attached hydrogen (secondary N) is 2. The standard InChI is InChI=1S/C15H28N2O3/c1-11-5-4-6-13(12(11)2)17-15(19)8-7-14(18)16-9-10-20-3/h11-13H,4-10H2,1-3H3,(H,16,18)(H,17,19). The molecule has 0 bridgehead atoms. The monoisotopic (exact) mass is 284 g/mol. The van der Waals surface area contributed by atoms with Gasteiger partial charge in [-0.3, -0.25) is 9.59 Å².